The Hall–Kier alpha value is -1.55. The third kappa shape index (κ3) is 3.96. The molecule has 0 aromatic heterocycles. The summed E-state index contributed by atoms with van der Waals surface area (Å²) in [6.07, 6.45) is 2.35. The lowest BCUT2D eigenvalue weighted by Crippen LogP contribution is -2.36. The van der Waals surface area contributed by atoms with Crippen LogP contribution in [0.3, 0.4) is 0 Å². The van der Waals surface area contributed by atoms with Crippen molar-refractivity contribution in [3.8, 4) is 0 Å². The Balaban J connectivity index is 1.83. The fourth-order valence-electron chi connectivity index (χ4n) is 2.42. The van der Waals surface area contributed by atoms with Crippen LogP contribution < -0.4 is 10.6 Å². The van der Waals surface area contributed by atoms with Crippen LogP contribution in [0.4, 0.5) is 5.69 Å². The van der Waals surface area contributed by atoms with Crippen molar-refractivity contribution >= 4 is 11.6 Å². The Labute approximate surface area is 115 Å². The third-order valence-corrected chi connectivity index (χ3v) is 3.80. The summed E-state index contributed by atoms with van der Waals surface area (Å²) < 4.78 is 0. The molecule has 0 unspecified atom stereocenters. The third-order valence-electron chi connectivity index (χ3n) is 3.80. The lowest BCUT2D eigenvalue weighted by Gasteiger charge is -2.28. The minimum Gasteiger partial charge on any atom is -0.388 e. The zero-order chi connectivity index (χ0) is 13.7. The molecule has 19 heavy (non-hydrogen) atoms. The molecule has 0 spiro atoms. The molecule has 2 N–H and O–H groups in total. The van der Waals surface area contributed by atoms with Gasteiger partial charge in [-0.25, -0.2) is 0 Å². The van der Waals surface area contributed by atoms with Crippen LogP contribution in [-0.4, -0.2) is 44.5 Å². The number of hydrogen-bond donors (Lipinski definition) is 2. The highest BCUT2D eigenvalue weighted by Crippen LogP contribution is 2.15. The van der Waals surface area contributed by atoms with Gasteiger partial charge in [-0.05, 0) is 57.1 Å². The molecule has 4 heteroatoms. The number of benzene rings is 1. The lowest BCUT2D eigenvalue weighted by atomic mass is 9.97. The molecule has 0 saturated carbocycles. The molecule has 0 aliphatic carbocycles. The number of rotatable bonds is 4. The van der Waals surface area contributed by atoms with E-state index < -0.39 is 0 Å². The summed E-state index contributed by atoms with van der Waals surface area (Å²) in [5, 5.41) is 6.10. The van der Waals surface area contributed by atoms with Crippen LogP contribution in [0.2, 0.25) is 0 Å². The molecule has 1 aliphatic heterocycles. The standard InChI is InChI=1S/C15H23N3O/c1-16-14-5-3-4-13(10-14)15(19)17-11-12-6-8-18(2)9-7-12/h3-5,10,12,16H,6-9,11H2,1-2H3,(H,17,19). The number of anilines is 1. The van der Waals surface area contributed by atoms with Gasteiger partial charge in [0.2, 0.25) is 0 Å². The fourth-order valence-corrected chi connectivity index (χ4v) is 2.42. The van der Waals surface area contributed by atoms with E-state index in [-0.39, 0.29) is 5.91 Å². The first-order valence-electron chi connectivity index (χ1n) is 6.93. The molecular formula is C15H23N3O. The van der Waals surface area contributed by atoms with Gasteiger partial charge < -0.3 is 15.5 Å². The Bertz CT molecular complexity index is 425. The average Bonchev–Trinajstić information content (AvgIpc) is 2.46. The SMILES string of the molecule is CNc1cccc(C(=O)NCC2CCN(C)CC2)c1. The Morgan fingerprint density at radius 1 is 1.37 bits per heavy atom. The van der Waals surface area contributed by atoms with E-state index in [1.165, 1.54) is 12.8 Å². The first-order chi connectivity index (χ1) is 9.19. The zero-order valence-electron chi connectivity index (χ0n) is 11.8. The Kier molecular flexibility index (Phi) is 4.80. The number of piperidine rings is 1. The highest BCUT2D eigenvalue weighted by Gasteiger charge is 2.17. The maximum atomic E-state index is 12.1. The molecule has 104 valence electrons. The molecule has 1 aliphatic rings. The van der Waals surface area contributed by atoms with E-state index in [1.807, 2.05) is 31.3 Å². The molecule has 0 atom stereocenters. The van der Waals surface area contributed by atoms with E-state index in [0.717, 1.165) is 30.9 Å². The molecule has 1 heterocycles. The second-order valence-electron chi connectivity index (χ2n) is 5.29. The predicted molar refractivity (Wildman–Crippen MR) is 78.5 cm³/mol. The Morgan fingerprint density at radius 2 is 2.11 bits per heavy atom. The van der Waals surface area contributed by atoms with Gasteiger partial charge in [0, 0.05) is 24.8 Å². The van der Waals surface area contributed by atoms with Gasteiger partial charge in [0.15, 0.2) is 0 Å². The van der Waals surface area contributed by atoms with E-state index in [9.17, 15) is 4.79 Å². The van der Waals surface area contributed by atoms with Crippen LogP contribution >= 0.6 is 0 Å². The number of amides is 1. The van der Waals surface area contributed by atoms with E-state index in [2.05, 4.69) is 22.6 Å². The number of carbonyl (C=O) groups excluding carboxylic acids is 1. The molecule has 0 bridgehead atoms. The van der Waals surface area contributed by atoms with Gasteiger partial charge in [0.25, 0.3) is 5.91 Å². The van der Waals surface area contributed by atoms with Crippen LogP contribution in [0.15, 0.2) is 24.3 Å². The summed E-state index contributed by atoms with van der Waals surface area (Å²) in [7, 11) is 4.01. The van der Waals surface area contributed by atoms with Crippen molar-refractivity contribution in [2.24, 2.45) is 5.92 Å². The van der Waals surface area contributed by atoms with Crippen molar-refractivity contribution in [1.29, 1.82) is 0 Å². The first kappa shape index (κ1) is 13.9. The van der Waals surface area contributed by atoms with Crippen molar-refractivity contribution in [3.63, 3.8) is 0 Å². The van der Waals surface area contributed by atoms with Crippen molar-refractivity contribution in [2.45, 2.75) is 12.8 Å². The maximum absolute atomic E-state index is 12.1. The molecule has 4 nitrogen and oxygen atoms in total. The van der Waals surface area contributed by atoms with Gasteiger partial charge in [0.05, 0.1) is 0 Å². The van der Waals surface area contributed by atoms with Crippen LogP contribution in [0.25, 0.3) is 0 Å². The van der Waals surface area contributed by atoms with Crippen LogP contribution in [-0.2, 0) is 0 Å². The maximum Gasteiger partial charge on any atom is 0.251 e. The summed E-state index contributed by atoms with van der Waals surface area (Å²) in [5.41, 5.74) is 1.69. The topological polar surface area (TPSA) is 44.4 Å². The quantitative estimate of drug-likeness (QED) is 0.868. The number of likely N-dealkylation sites (tertiary alicyclic amines) is 1. The van der Waals surface area contributed by atoms with Crippen LogP contribution in [0.1, 0.15) is 23.2 Å². The Morgan fingerprint density at radius 3 is 2.79 bits per heavy atom. The van der Waals surface area contributed by atoms with E-state index >= 15 is 0 Å². The summed E-state index contributed by atoms with van der Waals surface area (Å²) in [6, 6.07) is 7.58. The summed E-state index contributed by atoms with van der Waals surface area (Å²) in [6.45, 7) is 3.06. The summed E-state index contributed by atoms with van der Waals surface area (Å²) in [5.74, 6) is 0.642. The van der Waals surface area contributed by atoms with Crippen molar-refractivity contribution < 1.29 is 4.79 Å². The average molecular weight is 261 g/mol. The molecule has 1 fully saturated rings. The van der Waals surface area contributed by atoms with E-state index in [0.29, 0.717) is 5.92 Å². The number of carbonyl (C=O) groups is 1. The van der Waals surface area contributed by atoms with Crippen LogP contribution in [0.5, 0.6) is 0 Å². The normalized spacial score (nSPS) is 17.2. The molecule has 1 saturated heterocycles. The molecule has 1 aromatic rings. The largest absolute Gasteiger partial charge is 0.388 e. The number of nitrogens with one attached hydrogen (secondary N) is 2. The molecule has 1 amide bonds. The van der Waals surface area contributed by atoms with Crippen molar-refractivity contribution in [1.82, 2.24) is 10.2 Å². The van der Waals surface area contributed by atoms with Crippen molar-refractivity contribution in [3.05, 3.63) is 29.8 Å². The highest BCUT2D eigenvalue weighted by atomic mass is 16.1. The minimum atomic E-state index is 0.0241. The van der Waals surface area contributed by atoms with Gasteiger partial charge >= 0.3 is 0 Å². The highest BCUT2D eigenvalue weighted by molar-refractivity contribution is 5.95. The van der Waals surface area contributed by atoms with E-state index in [1.54, 1.807) is 0 Å². The van der Waals surface area contributed by atoms with Crippen molar-refractivity contribution in [2.75, 3.05) is 39.0 Å². The van der Waals surface area contributed by atoms with Gasteiger partial charge in [0.1, 0.15) is 0 Å². The second kappa shape index (κ2) is 6.57. The molecule has 2 rings (SSSR count). The predicted octanol–water partition coefficient (Wildman–Crippen LogP) is 1.80. The summed E-state index contributed by atoms with van der Waals surface area (Å²) in [4.78, 5) is 14.4. The number of hydrogen-bond acceptors (Lipinski definition) is 3. The molecule has 0 radical (unpaired) electrons. The monoisotopic (exact) mass is 261 g/mol. The summed E-state index contributed by atoms with van der Waals surface area (Å²) >= 11 is 0. The van der Waals surface area contributed by atoms with E-state index in [4.69, 9.17) is 0 Å². The van der Waals surface area contributed by atoms with Gasteiger partial charge in [-0.1, -0.05) is 6.07 Å². The minimum absolute atomic E-state index is 0.0241. The molecule has 1 aromatic carbocycles. The molecular weight excluding hydrogens is 238 g/mol. The van der Waals surface area contributed by atoms with Gasteiger partial charge in [-0.2, -0.15) is 0 Å². The van der Waals surface area contributed by atoms with Gasteiger partial charge in [-0.15, -0.1) is 0 Å². The first-order valence-corrected chi connectivity index (χ1v) is 6.93. The smallest absolute Gasteiger partial charge is 0.251 e. The fraction of sp³-hybridized carbons (Fsp3) is 0.533. The number of nitrogens with zero attached hydrogens (tertiary/aromatic N) is 1. The van der Waals surface area contributed by atoms with Gasteiger partial charge in [-0.3, -0.25) is 4.79 Å². The van der Waals surface area contributed by atoms with Crippen LogP contribution in [0, 0.1) is 5.92 Å². The lowest BCUT2D eigenvalue weighted by molar-refractivity contribution is 0.0939. The second-order valence-corrected chi connectivity index (χ2v) is 5.29. The zero-order valence-corrected chi connectivity index (χ0v) is 11.8.